The van der Waals surface area contributed by atoms with Gasteiger partial charge in [-0.3, -0.25) is 4.79 Å². The summed E-state index contributed by atoms with van der Waals surface area (Å²) in [6, 6.07) is 0. The highest BCUT2D eigenvalue weighted by Crippen LogP contribution is 2.29. The van der Waals surface area contributed by atoms with Crippen LogP contribution in [0.25, 0.3) is 0 Å². The lowest BCUT2D eigenvalue weighted by atomic mass is 10.0. The average Bonchev–Trinajstić information content (AvgIpc) is 2.95. The molecule has 2 N–H and O–H groups in total. The van der Waals surface area contributed by atoms with Gasteiger partial charge in [-0.2, -0.15) is 0 Å². The Morgan fingerprint density at radius 1 is 1.33 bits per heavy atom. The van der Waals surface area contributed by atoms with Gasteiger partial charge in [-0.1, -0.05) is 12.8 Å². The Balaban J connectivity index is 1.60. The first-order valence-electron chi connectivity index (χ1n) is 6.20. The van der Waals surface area contributed by atoms with E-state index < -0.39 is 0 Å². The Bertz CT molecular complexity index is 230. The van der Waals surface area contributed by atoms with Crippen LogP contribution in [0.4, 0.5) is 0 Å². The highest BCUT2D eigenvalue weighted by Gasteiger charge is 2.28. The van der Waals surface area contributed by atoms with Crippen molar-refractivity contribution in [1.82, 2.24) is 10.6 Å². The summed E-state index contributed by atoms with van der Waals surface area (Å²) >= 11 is 0. The molecule has 1 amide bonds. The molecule has 0 aliphatic heterocycles. The molecule has 0 bridgehead atoms. The molecule has 2 fully saturated rings. The maximum Gasteiger partial charge on any atom is 0.233 e. The largest absolute Gasteiger partial charge is 0.355 e. The van der Waals surface area contributed by atoms with Gasteiger partial charge in [-0.15, -0.1) is 0 Å². The molecule has 3 nitrogen and oxygen atoms in total. The van der Waals surface area contributed by atoms with Crippen LogP contribution in [0, 0.1) is 5.92 Å². The van der Waals surface area contributed by atoms with E-state index >= 15 is 0 Å². The summed E-state index contributed by atoms with van der Waals surface area (Å²) in [5.74, 6) is 0.936. The van der Waals surface area contributed by atoms with Crippen LogP contribution in [-0.4, -0.2) is 24.5 Å². The molecule has 2 rings (SSSR count). The first kappa shape index (κ1) is 10.9. The van der Waals surface area contributed by atoms with E-state index in [1.807, 2.05) is 0 Å². The lowest BCUT2D eigenvalue weighted by Gasteiger charge is -2.24. The van der Waals surface area contributed by atoms with E-state index in [0.29, 0.717) is 6.54 Å². The number of nitrogens with one attached hydrogen (secondary N) is 2. The summed E-state index contributed by atoms with van der Waals surface area (Å²) in [7, 11) is 0. The molecule has 0 aromatic heterocycles. The van der Waals surface area contributed by atoms with Gasteiger partial charge < -0.3 is 10.6 Å². The summed E-state index contributed by atoms with van der Waals surface area (Å²) < 4.78 is 0. The van der Waals surface area contributed by atoms with Gasteiger partial charge in [-0.05, 0) is 38.5 Å². The molecule has 86 valence electrons. The summed E-state index contributed by atoms with van der Waals surface area (Å²) in [4.78, 5) is 11.5. The zero-order chi connectivity index (χ0) is 10.7. The van der Waals surface area contributed by atoms with Crippen molar-refractivity contribution in [2.75, 3.05) is 13.1 Å². The smallest absolute Gasteiger partial charge is 0.233 e. The van der Waals surface area contributed by atoms with Gasteiger partial charge in [-0.25, -0.2) is 0 Å². The lowest BCUT2D eigenvalue weighted by Crippen LogP contribution is -2.45. The molecular weight excluding hydrogens is 188 g/mol. The lowest BCUT2D eigenvalue weighted by molar-refractivity contribution is -0.120. The van der Waals surface area contributed by atoms with Gasteiger partial charge in [0.25, 0.3) is 0 Å². The van der Waals surface area contributed by atoms with E-state index in [9.17, 15) is 4.79 Å². The molecule has 0 atom stereocenters. The Kier molecular flexibility index (Phi) is 3.29. The molecule has 0 aromatic rings. The predicted molar refractivity (Wildman–Crippen MR) is 60.6 cm³/mol. The fraction of sp³-hybridized carbons (Fsp3) is 0.917. The summed E-state index contributed by atoms with van der Waals surface area (Å²) in [6.45, 7) is 3.61. The average molecular weight is 210 g/mol. The number of amides is 1. The Morgan fingerprint density at radius 3 is 2.60 bits per heavy atom. The van der Waals surface area contributed by atoms with Gasteiger partial charge in [0.2, 0.25) is 5.91 Å². The number of carbonyl (C=O) groups excluding carboxylic acids is 1. The first-order chi connectivity index (χ1) is 7.18. The molecule has 0 heterocycles. The van der Waals surface area contributed by atoms with Crippen LogP contribution in [-0.2, 0) is 4.79 Å². The van der Waals surface area contributed by atoms with E-state index in [1.165, 1.54) is 38.5 Å². The minimum atomic E-state index is 0.162. The Labute approximate surface area is 92.0 Å². The van der Waals surface area contributed by atoms with Crippen molar-refractivity contribution in [3.63, 3.8) is 0 Å². The Morgan fingerprint density at radius 2 is 2.00 bits per heavy atom. The van der Waals surface area contributed by atoms with Crippen molar-refractivity contribution in [2.45, 2.75) is 51.0 Å². The van der Waals surface area contributed by atoms with E-state index in [2.05, 4.69) is 17.6 Å². The van der Waals surface area contributed by atoms with Crippen LogP contribution in [0.3, 0.4) is 0 Å². The molecule has 0 saturated heterocycles. The molecule has 2 aliphatic rings. The van der Waals surface area contributed by atoms with Crippen molar-refractivity contribution in [2.24, 2.45) is 5.92 Å². The molecule has 0 spiro atoms. The topological polar surface area (TPSA) is 41.1 Å². The second-order valence-electron chi connectivity index (χ2n) is 5.37. The van der Waals surface area contributed by atoms with E-state index in [0.717, 1.165) is 12.5 Å². The van der Waals surface area contributed by atoms with Crippen LogP contribution >= 0.6 is 0 Å². The summed E-state index contributed by atoms with van der Waals surface area (Å²) in [5, 5.41) is 6.37. The van der Waals surface area contributed by atoms with Crippen LogP contribution in [0.1, 0.15) is 45.4 Å². The van der Waals surface area contributed by atoms with E-state index in [4.69, 9.17) is 0 Å². The van der Waals surface area contributed by atoms with Crippen LogP contribution in [0.15, 0.2) is 0 Å². The third kappa shape index (κ3) is 3.49. The monoisotopic (exact) mass is 210 g/mol. The molecule has 0 aromatic carbocycles. The molecular formula is C12H22N2O. The van der Waals surface area contributed by atoms with E-state index in [-0.39, 0.29) is 11.4 Å². The number of hydrogen-bond donors (Lipinski definition) is 2. The first-order valence-corrected chi connectivity index (χ1v) is 6.20. The van der Waals surface area contributed by atoms with Crippen molar-refractivity contribution < 1.29 is 4.79 Å². The van der Waals surface area contributed by atoms with Crippen molar-refractivity contribution in [1.29, 1.82) is 0 Å². The Hall–Kier alpha value is -0.570. The minimum absolute atomic E-state index is 0.162. The molecule has 2 aliphatic carbocycles. The third-order valence-electron chi connectivity index (χ3n) is 3.67. The maximum absolute atomic E-state index is 11.5. The standard InChI is InChI=1S/C12H22N2O/c1-12(6-2-3-7-12)14-9-11(15)13-8-10-4-5-10/h10,14H,2-9H2,1H3,(H,13,15). The fourth-order valence-electron chi connectivity index (χ4n) is 2.27. The highest BCUT2D eigenvalue weighted by molar-refractivity contribution is 5.78. The van der Waals surface area contributed by atoms with Gasteiger partial charge in [0.1, 0.15) is 0 Å². The molecule has 0 radical (unpaired) electrons. The maximum atomic E-state index is 11.5. The summed E-state index contributed by atoms with van der Waals surface area (Å²) in [6.07, 6.45) is 7.61. The second kappa shape index (κ2) is 4.52. The van der Waals surface area contributed by atoms with E-state index in [1.54, 1.807) is 0 Å². The number of rotatable bonds is 5. The van der Waals surface area contributed by atoms with Gasteiger partial charge in [0, 0.05) is 12.1 Å². The predicted octanol–water partition coefficient (Wildman–Crippen LogP) is 1.43. The van der Waals surface area contributed by atoms with Crippen LogP contribution in [0.2, 0.25) is 0 Å². The van der Waals surface area contributed by atoms with Crippen molar-refractivity contribution >= 4 is 5.91 Å². The summed E-state index contributed by atoms with van der Waals surface area (Å²) in [5.41, 5.74) is 0.219. The molecule has 0 unspecified atom stereocenters. The number of carbonyl (C=O) groups is 1. The second-order valence-corrected chi connectivity index (χ2v) is 5.37. The van der Waals surface area contributed by atoms with Crippen LogP contribution in [0.5, 0.6) is 0 Å². The fourth-order valence-corrected chi connectivity index (χ4v) is 2.27. The highest BCUT2D eigenvalue weighted by atomic mass is 16.1. The molecule has 2 saturated carbocycles. The number of hydrogen-bond acceptors (Lipinski definition) is 2. The van der Waals surface area contributed by atoms with Gasteiger partial charge in [0.15, 0.2) is 0 Å². The van der Waals surface area contributed by atoms with Crippen molar-refractivity contribution in [3.05, 3.63) is 0 Å². The zero-order valence-corrected chi connectivity index (χ0v) is 9.64. The normalized spacial score (nSPS) is 24.1. The quantitative estimate of drug-likeness (QED) is 0.721. The third-order valence-corrected chi connectivity index (χ3v) is 3.67. The van der Waals surface area contributed by atoms with Gasteiger partial charge in [0.05, 0.1) is 6.54 Å². The molecule has 3 heteroatoms. The zero-order valence-electron chi connectivity index (χ0n) is 9.64. The van der Waals surface area contributed by atoms with Crippen LogP contribution < -0.4 is 10.6 Å². The SMILES string of the molecule is CC1(NCC(=O)NCC2CC2)CCCC1. The van der Waals surface area contributed by atoms with Gasteiger partial charge >= 0.3 is 0 Å². The van der Waals surface area contributed by atoms with Crippen molar-refractivity contribution in [3.8, 4) is 0 Å². The molecule has 15 heavy (non-hydrogen) atoms. The minimum Gasteiger partial charge on any atom is -0.355 e.